The molecule has 36 heavy (non-hydrogen) atoms. The lowest BCUT2D eigenvalue weighted by molar-refractivity contribution is -0.132. The van der Waals surface area contributed by atoms with E-state index in [2.05, 4.69) is 21.3 Å². The second kappa shape index (κ2) is 12.5. The Balaban J connectivity index is 1.33. The fourth-order valence-corrected chi connectivity index (χ4v) is 4.77. The molecule has 0 radical (unpaired) electrons. The molecule has 0 spiro atoms. The number of carbonyl (C=O) groups excluding carboxylic acids is 2. The fourth-order valence-electron chi connectivity index (χ4n) is 4.77. The summed E-state index contributed by atoms with van der Waals surface area (Å²) >= 11 is 0. The van der Waals surface area contributed by atoms with Crippen LogP contribution in [-0.4, -0.2) is 65.8 Å². The fraction of sp³-hybridized carbons (Fsp3) is 0.444. The molecule has 1 aliphatic rings. The minimum absolute atomic E-state index is 0.0134. The molecule has 9 nitrogen and oxygen atoms in total. The molecule has 2 atom stereocenters. The number of aromatic nitrogens is 2. The average molecular weight is 493 g/mol. The number of urea groups is 1. The van der Waals surface area contributed by atoms with Crippen molar-refractivity contribution < 1.29 is 14.3 Å². The van der Waals surface area contributed by atoms with Gasteiger partial charge in [0.1, 0.15) is 5.82 Å². The highest BCUT2D eigenvalue weighted by molar-refractivity contribution is 5.89. The maximum atomic E-state index is 13.1. The van der Waals surface area contributed by atoms with Crippen LogP contribution in [0.5, 0.6) is 0 Å². The monoisotopic (exact) mass is 492 g/mol. The standard InChI is InChI=1S/C27H36N6O3/c1-36-16-8-15-33-24-13-6-5-12-23(24)31-26(33)20-9-7-14-32(19-20)25(34)17-21(28)18-29-27(35)30-22-10-3-2-4-11-22/h2-6,10-13,20-21H,7-9,14-19,28H2,1H3,(H2,29,30,35)/t20-,21-/m1/s1. The van der Waals surface area contributed by atoms with Crippen LogP contribution in [0.15, 0.2) is 54.6 Å². The lowest BCUT2D eigenvalue weighted by Crippen LogP contribution is -2.45. The number of methoxy groups -OCH3 is 1. The lowest BCUT2D eigenvalue weighted by atomic mass is 9.96. The lowest BCUT2D eigenvalue weighted by Gasteiger charge is -2.33. The number of piperidine rings is 1. The molecule has 2 aromatic carbocycles. The average Bonchev–Trinajstić information content (AvgIpc) is 3.27. The van der Waals surface area contributed by atoms with Crippen molar-refractivity contribution in [2.24, 2.45) is 5.73 Å². The topological polar surface area (TPSA) is 115 Å². The number of imidazole rings is 1. The molecule has 1 aliphatic heterocycles. The molecule has 192 valence electrons. The van der Waals surface area contributed by atoms with Gasteiger partial charge in [0.15, 0.2) is 0 Å². The highest BCUT2D eigenvalue weighted by Gasteiger charge is 2.29. The van der Waals surface area contributed by atoms with Crippen LogP contribution < -0.4 is 16.4 Å². The van der Waals surface area contributed by atoms with Gasteiger partial charge < -0.3 is 30.6 Å². The van der Waals surface area contributed by atoms with E-state index in [0.717, 1.165) is 42.7 Å². The number of para-hydroxylation sites is 3. The molecule has 1 aromatic heterocycles. The van der Waals surface area contributed by atoms with Crippen LogP contribution in [0.1, 0.15) is 37.4 Å². The van der Waals surface area contributed by atoms with Crippen LogP contribution in [0, 0.1) is 0 Å². The largest absolute Gasteiger partial charge is 0.385 e. The number of benzene rings is 2. The molecule has 9 heteroatoms. The van der Waals surface area contributed by atoms with Crippen LogP contribution in [0.25, 0.3) is 11.0 Å². The first-order valence-electron chi connectivity index (χ1n) is 12.6. The maximum absolute atomic E-state index is 13.1. The predicted molar refractivity (Wildman–Crippen MR) is 141 cm³/mol. The number of nitrogens with one attached hydrogen (secondary N) is 2. The van der Waals surface area contributed by atoms with Crippen LogP contribution in [0.3, 0.4) is 0 Å². The first-order valence-corrected chi connectivity index (χ1v) is 12.6. The third-order valence-corrected chi connectivity index (χ3v) is 6.55. The highest BCUT2D eigenvalue weighted by Crippen LogP contribution is 2.30. The second-order valence-electron chi connectivity index (χ2n) is 9.30. The second-order valence-corrected chi connectivity index (χ2v) is 9.30. The molecule has 3 aromatic rings. The van der Waals surface area contributed by atoms with E-state index >= 15 is 0 Å². The molecule has 1 fully saturated rings. The van der Waals surface area contributed by atoms with Crippen molar-refractivity contribution in [2.75, 3.05) is 38.7 Å². The number of nitrogens with zero attached hydrogens (tertiary/aromatic N) is 3. The number of fused-ring (bicyclic) bond motifs is 1. The molecule has 4 N–H and O–H groups in total. The van der Waals surface area contributed by atoms with Crippen LogP contribution in [0.2, 0.25) is 0 Å². The first-order chi connectivity index (χ1) is 17.5. The molecular formula is C27H36N6O3. The van der Waals surface area contributed by atoms with Crippen molar-refractivity contribution in [3.05, 3.63) is 60.4 Å². The Morgan fingerprint density at radius 3 is 2.75 bits per heavy atom. The zero-order chi connectivity index (χ0) is 25.3. The number of hydrogen-bond acceptors (Lipinski definition) is 5. The number of likely N-dealkylation sites (tertiary alicyclic amines) is 1. The van der Waals surface area contributed by atoms with E-state index in [1.165, 1.54) is 0 Å². The minimum atomic E-state index is -0.460. The number of hydrogen-bond donors (Lipinski definition) is 3. The van der Waals surface area contributed by atoms with E-state index in [1.54, 1.807) is 7.11 Å². The van der Waals surface area contributed by atoms with Crippen molar-refractivity contribution in [1.82, 2.24) is 19.8 Å². The minimum Gasteiger partial charge on any atom is -0.385 e. The number of carbonyl (C=O) groups is 2. The van der Waals surface area contributed by atoms with Gasteiger partial charge in [0.05, 0.1) is 11.0 Å². The molecular weight excluding hydrogens is 456 g/mol. The van der Waals surface area contributed by atoms with Gasteiger partial charge in [-0.15, -0.1) is 0 Å². The summed E-state index contributed by atoms with van der Waals surface area (Å²) in [4.78, 5) is 32.0. The van der Waals surface area contributed by atoms with E-state index < -0.39 is 6.04 Å². The number of ether oxygens (including phenoxy) is 1. The van der Waals surface area contributed by atoms with E-state index in [-0.39, 0.29) is 30.8 Å². The summed E-state index contributed by atoms with van der Waals surface area (Å²) in [6.07, 6.45) is 3.00. The van der Waals surface area contributed by atoms with E-state index in [4.69, 9.17) is 15.5 Å². The number of amides is 3. The summed E-state index contributed by atoms with van der Waals surface area (Å²) in [5.74, 6) is 1.22. The summed E-state index contributed by atoms with van der Waals surface area (Å²) in [6.45, 7) is 3.08. The predicted octanol–water partition coefficient (Wildman–Crippen LogP) is 3.32. The SMILES string of the molecule is COCCCn1c([C@@H]2CCCN(C(=O)C[C@@H](N)CNC(=O)Nc3ccccc3)C2)nc2ccccc21. The van der Waals surface area contributed by atoms with Gasteiger partial charge in [0, 0.05) is 64.0 Å². The Hall–Kier alpha value is -3.43. The molecule has 0 unspecified atom stereocenters. The Kier molecular flexibility index (Phi) is 8.91. The quantitative estimate of drug-likeness (QED) is 0.376. The molecule has 3 amide bonds. The van der Waals surface area contributed by atoms with Crippen molar-refractivity contribution in [1.29, 1.82) is 0 Å². The molecule has 0 bridgehead atoms. The molecule has 1 saturated heterocycles. The van der Waals surface area contributed by atoms with Crippen molar-refractivity contribution in [2.45, 2.75) is 44.2 Å². The van der Waals surface area contributed by atoms with Gasteiger partial charge in [0.2, 0.25) is 5.91 Å². The maximum Gasteiger partial charge on any atom is 0.319 e. The Morgan fingerprint density at radius 1 is 1.17 bits per heavy atom. The van der Waals surface area contributed by atoms with Crippen molar-refractivity contribution >= 4 is 28.7 Å². The number of nitrogens with two attached hydrogens (primary N) is 1. The van der Waals surface area contributed by atoms with Crippen LogP contribution in [-0.2, 0) is 16.1 Å². The summed E-state index contributed by atoms with van der Waals surface area (Å²) < 4.78 is 7.54. The molecule has 0 saturated carbocycles. The third-order valence-electron chi connectivity index (χ3n) is 6.55. The van der Waals surface area contributed by atoms with E-state index in [1.807, 2.05) is 53.4 Å². The summed E-state index contributed by atoms with van der Waals surface area (Å²) in [6, 6.07) is 16.6. The highest BCUT2D eigenvalue weighted by atomic mass is 16.5. The molecule has 4 rings (SSSR count). The van der Waals surface area contributed by atoms with Crippen LogP contribution in [0.4, 0.5) is 10.5 Å². The van der Waals surface area contributed by atoms with Crippen LogP contribution >= 0.6 is 0 Å². The number of anilines is 1. The molecule has 0 aliphatic carbocycles. The van der Waals surface area contributed by atoms with Gasteiger partial charge in [-0.2, -0.15) is 0 Å². The van der Waals surface area contributed by atoms with Gasteiger partial charge in [0.25, 0.3) is 0 Å². The summed E-state index contributed by atoms with van der Waals surface area (Å²) in [7, 11) is 1.72. The van der Waals surface area contributed by atoms with E-state index in [9.17, 15) is 9.59 Å². The van der Waals surface area contributed by atoms with Gasteiger partial charge in [-0.1, -0.05) is 30.3 Å². The van der Waals surface area contributed by atoms with Gasteiger partial charge in [-0.3, -0.25) is 4.79 Å². The van der Waals surface area contributed by atoms with Crippen molar-refractivity contribution in [3.63, 3.8) is 0 Å². The Bertz CT molecular complexity index is 1150. The normalized spacial score (nSPS) is 16.6. The Morgan fingerprint density at radius 2 is 1.94 bits per heavy atom. The number of aryl methyl sites for hydroxylation is 1. The van der Waals surface area contributed by atoms with Crippen molar-refractivity contribution in [3.8, 4) is 0 Å². The first kappa shape index (κ1) is 25.7. The summed E-state index contributed by atoms with van der Waals surface area (Å²) in [5, 5.41) is 5.51. The third kappa shape index (κ3) is 6.61. The zero-order valence-corrected chi connectivity index (χ0v) is 20.9. The number of rotatable bonds is 10. The summed E-state index contributed by atoms with van der Waals surface area (Å²) in [5.41, 5.74) is 9.00. The van der Waals surface area contributed by atoms with Gasteiger partial charge in [-0.25, -0.2) is 9.78 Å². The van der Waals surface area contributed by atoms with Gasteiger partial charge >= 0.3 is 6.03 Å². The smallest absolute Gasteiger partial charge is 0.319 e. The Labute approximate surface area is 212 Å². The van der Waals surface area contributed by atoms with Gasteiger partial charge in [-0.05, 0) is 43.5 Å². The zero-order valence-electron chi connectivity index (χ0n) is 20.9. The van der Waals surface area contributed by atoms with E-state index in [0.29, 0.717) is 25.4 Å². The molecule has 2 heterocycles.